The molecule has 2 heterocycles. The number of anilines is 2. The lowest BCUT2D eigenvalue weighted by Crippen LogP contribution is -2.32. The molecule has 0 saturated heterocycles. The minimum Gasteiger partial charge on any atom is -0.486 e. The Morgan fingerprint density at radius 1 is 1.21 bits per heavy atom. The van der Waals surface area contributed by atoms with Gasteiger partial charge in [-0.3, -0.25) is 4.79 Å². The second kappa shape index (κ2) is 8.11. The normalized spacial score (nSPS) is 16.3. The second-order valence-corrected chi connectivity index (χ2v) is 8.17. The molecule has 0 fully saturated rings. The lowest BCUT2D eigenvalue weighted by Gasteiger charge is -2.23. The van der Waals surface area contributed by atoms with Crippen molar-refractivity contribution in [1.82, 2.24) is 0 Å². The Balaban J connectivity index is 1.49. The fourth-order valence-corrected chi connectivity index (χ4v) is 4.90. The van der Waals surface area contributed by atoms with Gasteiger partial charge in [0.15, 0.2) is 11.5 Å². The number of hydrogen-bond donors (Lipinski definition) is 2. The summed E-state index contributed by atoms with van der Waals surface area (Å²) in [6.07, 6.45) is 5.36. The number of para-hydroxylation sites is 1. The zero-order valence-electron chi connectivity index (χ0n) is 15.8. The van der Waals surface area contributed by atoms with Crippen molar-refractivity contribution in [3.63, 3.8) is 0 Å². The number of thiophene rings is 1. The average molecular weight is 398 g/mol. The van der Waals surface area contributed by atoms with Crippen molar-refractivity contribution in [2.75, 3.05) is 23.8 Å². The highest BCUT2D eigenvalue weighted by Crippen LogP contribution is 2.39. The predicted molar refractivity (Wildman–Crippen MR) is 109 cm³/mol. The van der Waals surface area contributed by atoms with E-state index in [0.29, 0.717) is 35.3 Å². The standard InChI is InChI=1S/C21H23N3O3S/c1-13(23-16-7-5-8-17-19(16)27-11-10-26-17)20(25)24-21-15(12-22)14-6-3-2-4-9-18(14)28-21/h5,7-8,13,23H,2-4,6,9-11H2,1H3,(H,24,25)/t13-/m0/s1. The zero-order chi connectivity index (χ0) is 19.5. The molecule has 0 bridgehead atoms. The number of amides is 1. The fraction of sp³-hybridized carbons (Fsp3) is 0.429. The minimum atomic E-state index is -0.495. The van der Waals surface area contributed by atoms with Gasteiger partial charge in [-0.15, -0.1) is 11.3 Å². The van der Waals surface area contributed by atoms with Crippen molar-refractivity contribution in [3.05, 3.63) is 34.2 Å². The number of ether oxygens (including phenoxy) is 2. The lowest BCUT2D eigenvalue weighted by molar-refractivity contribution is -0.116. The van der Waals surface area contributed by atoms with E-state index in [4.69, 9.17) is 9.47 Å². The van der Waals surface area contributed by atoms with Crippen molar-refractivity contribution in [2.45, 2.75) is 45.1 Å². The summed E-state index contributed by atoms with van der Waals surface area (Å²) in [7, 11) is 0. The third-order valence-corrected chi connectivity index (χ3v) is 6.31. The number of benzene rings is 1. The number of nitriles is 1. The number of aryl methyl sites for hydroxylation is 1. The predicted octanol–water partition coefficient (Wildman–Crippen LogP) is 4.10. The summed E-state index contributed by atoms with van der Waals surface area (Å²) < 4.78 is 11.3. The Bertz CT molecular complexity index is 932. The van der Waals surface area contributed by atoms with Crippen LogP contribution in [-0.2, 0) is 17.6 Å². The molecule has 1 aromatic carbocycles. The molecular formula is C21H23N3O3S. The smallest absolute Gasteiger partial charge is 0.247 e. The highest BCUT2D eigenvalue weighted by Gasteiger charge is 2.24. The van der Waals surface area contributed by atoms with Gasteiger partial charge in [-0.05, 0) is 50.3 Å². The Morgan fingerprint density at radius 2 is 2.04 bits per heavy atom. The number of carbonyl (C=O) groups excluding carboxylic acids is 1. The second-order valence-electron chi connectivity index (χ2n) is 7.07. The molecule has 0 radical (unpaired) electrons. The van der Waals surface area contributed by atoms with E-state index in [0.717, 1.165) is 36.9 Å². The SMILES string of the molecule is C[C@H](Nc1cccc2c1OCCO2)C(=O)Nc1sc2c(c1C#N)CCCCC2. The monoisotopic (exact) mass is 397 g/mol. The Hall–Kier alpha value is -2.72. The van der Waals surface area contributed by atoms with Crippen LogP contribution in [0.1, 0.15) is 42.2 Å². The molecule has 2 aliphatic rings. The van der Waals surface area contributed by atoms with E-state index >= 15 is 0 Å². The molecule has 6 nitrogen and oxygen atoms in total. The van der Waals surface area contributed by atoms with Crippen LogP contribution in [-0.4, -0.2) is 25.2 Å². The maximum Gasteiger partial charge on any atom is 0.247 e. The first kappa shape index (κ1) is 18.6. The van der Waals surface area contributed by atoms with E-state index in [-0.39, 0.29) is 5.91 Å². The third-order valence-electron chi connectivity index (χ3n) is 5.10. The Labute approximate surface area is 168 Å². The van der Waals surface area contributed by atoms with E-state index in [1.165, 1.54) is 11.3 Å². The Morgan fingerprint density at radius 3 is 2.89 bits per heavy atom. The number of nitrogens with zero attached hydrogens (tertiary/aromatic N) is 1. The number of fused-ring (bicyclic) bond motifs is 2. The Kier molecular flexibility index (Phi) is 5.40. The van der Waals surface area contributed by atoms with Crippen molar-refractivity contribution < 1.29 is 14.3 Å². The van der Waals surface area contributed by atoms with Gasteiger partial charge in [0.05, 0.1) is 11.3 Å². The number of rotatable bonds is 4. The van der Waals surface area contributed by atoms with Crippen molar-refractivity contribution in [3.8, 4) is 17.6 Å². The molecular weight excluding hydrogens is 374 g/mol. The molecule has 1 atom stereocenters. The van der Waals surface area contributed by atoms with Crippen LogP contribution < -0.4 is 20.1 Å². The molecule has 2 N–H and O–H groups in total. The summed E-state index contributed by atoms with van der Waals surface area (Å²) in [6.45, 7) is 2.80. The summed E-state index contributed by atoms with van der Waals surface area (Å²) in [5, 5.41) is 16.5. The van der Waals surface area contributed by atoms with Gasteiger partial charge < -0.3 is 20.1 Å². The molecule has 1 amide bonds. The first-order chi connectivity index (χ1) is 13.7. The average Bonchev–Trinajstić information content (AvgIpc) is 2.87. The third kappa shape index (κ3) is 3.65. The van der Waals surface area contributed by atoms with E-state index in [2.05, 4.69) is 16.7 Å². The van der Waals surface area contributed by atoms with E-state index in [1.807, 2.05) is 18.2 Å². The maximum atomic E-state index is 12.8. The van der Waals surface area contributed by atoms with E-state index in [9.17, 15) is 10.1 Å². The minimum absolute atomic E-state index is 0.178. The van der Waals surface area contributed by atoms with Crippen LogP contribution >= 0.6 is 11.3 Å². The van der Waals surface area contributed by atoms with Crippen LogP contribution in [0.4, 0.5) is 10.7 Å². The van der Waals surface area contributed by atoms with Crippen LogP contribution in [0.2, 0.25) is 0 Å². The molecule has 0 saturated carbocycles. The van der Waals surface area contributed by atoms with Gasteiger partial charge >= 0.3 is 0 Å². The van der Waals surface area contributed by atoms with Crippen LogP contribution in [0.3, 0.4) is 0 Å². The van der Waals surface area contributed by atoms with Gasteiger partial charge in [-0.2, -0.15) is 5.26 Å². The summed E-state index contributed by atoms with van der Waals surface area (Å²) in [6, 6.07) is 7.39. The quantitative estimate of drug-likeness (QED) is 0.759. The molecule has 146 valence electrons. The van der Waals surface area contributed by atoms with Crippen LogP contribution in [0, 0.1) is 11.3 Å². The van der Waals surface area contributed by atoms with E-state index in [1.54, 1.807) is 18.3 Å². The number of carbonyl (C=O) groups is 1. The lowest BCUT2D eigenvalue weighted by atomic mass is 10.1. The van der Waals surface area contributed by atoms with Crippen LogP contribution in [0.25, 0.3) is 0 Å². The molecule has 0 unspecified atom stereocenters. The summed E-state index contributed by atoms with van der Waals surface area (Å²) >= 11 is 1.55. The van der Waals surface area contributed by atoms with Crippen LogP contribution in [0.15, 0.2) is 18.2 Å². The fourth-order valence-electron chi connectivity index (χ4n) is 3.66. The first-order valence-corrected chi connectivity index (χ1v) is 10.5. The topological polar surface area (TPSA) is 83.4 Å². The molecule has 1 aromatic heterocycles. The highest BCUT2D eigenvalue weighted by atomic mass is 32.1. The zero-order valence-corrected chi connectivity index (χ0v) is 16.7. The maximum absolute atomic E-state index is 12.8. The molecule has 2 aromatic rings. The van der Waals surface area contributed by atoms with Crippen molar-refractivity contribution in [1.29, 1.82) is 5.26 Å². The first-order valence-electron chi connectivity index (χ1n) is 9.68. The molecule has 7 heteroatoms. The van der Waals surface area contributed by atoms with Gasteiger partial charge in [0.1, 0.15) is 30.3 Å². The summed E-state index contributed by atoms with van der Waals surface area (Å²) in [5.41, 5.74) is 2.49. The van der Waals surface area contributed by atoms with Gasteiger partial charge in [0.25, 0.3) is 0 Å². The van der Waals surface area contributed by atoms with Crippen molar-refractivity contribution in [2.24, 2.45) is 0 Å². The molecule has 1 aliphatic carbocycles. The molecule has 4 rings (SSSR count). The largest absolute Gasteiger partial charge is 0.486 e. The number of nitrogens with one attached hydrogen (secondary N) is 2. The van der Waals surface area contributed by atoms with Gasteiger partial charge in [-0.25, -0.2) is 0 Å². The molecule has 28 heavy (non-hydrogen) atoms. The van der Waals surface area contributed by atoms with E-state index < -0.39 is 6.04 Å². The highest BCUT2D eigenvalue weighted by molar-refractivity contribution is 7.16. The molecule has 0 spiro atoms. The van der Waals surface area contributed by atoms with Gasteiger partial charge in [0.2, 0.25) is 5.91 Å². The van der Waals surface area contributed by atoms with Gasteiger partial charge in [0, 0.05) is 4.88 Å². The summed E-state index contributed by atoms with van der Waals surface area (Å²) in [4.78, 5) is 14.0. The van der Waals surface area contributed by atoms with Crippen LogP contribution in [0.5, 0.6) is 11.5 Å². The summed E-state index contributed by atoms with van der Waals surface area (Å²) in [5.74, 6) is 1.13. The van der Waals surface area contributed by atoms with Gasteiger partial charge in [-0.1, -0.05) is 12.5 Å². The van der Waals surface area contributed by atoms with Crippen molar-refractivity contribution >= 4 is 27.9 Å². The number of hydrogen-bond acceptors (Lipinski definition) is 6. The molecule has 1 aliphatic heterocycles.